The number of amides is 3. The molecule has 1 atom stereocenters. The van der Waals surface area contributed by atoms with Crippen LogP contribution in [0.4, 0.5) is 5.69 Å². The second-order valence-corrected chi connectivity index (χ2v) is 14.2. The van der Waals surface area contributed by atoms with E-state index in [2.05, 4.69) is 68.9 Å². The number of anilines is 1. The number of aromatic nitrogens is 4. The number of piperidine rings is 1. The number of carbonyl (C=O) groups is 4. The van der Waals surface area contributed by atoms with E-state index in [9.17, 15) is 19.2 Å². The number of hydrogen-bond acceptors (Lipinski definition) is 10. The number of nitrogens with zero attached hydrogens (tertiary/aromatic N) is 4. The van der Waals surface area contributed by atoms with Crippen molar-refractivity contribution < 1.29 is 28.7 Å². The monoisotopic (exact) mass is 727 g/mol. The maximum atomic E-state index is 13.4. The van der Waals surface area contributed by atoms with Gasteiger partial charge in [-0.05, 0) is 66.1 Å². The maximum Gasteiger partial charge on any atom is 0.255 e. The smallest absolute Gasteiger partial charge is 0.255 e. The van der Waals surface area contributed by atoms with Crippen LogP contribution in [0.5, 0.6) is 11.5 Å². The summed E-state index contributed by atoms with van der Waals surface area (Å²) in [5.74, 6) is 0.802. The number of aromatic amines is 1. The summed E-state index contributed by atoms with van der Waals surface area (Å²) in [5.41, 5.74) is 4.75. The topological polar surface area (TPSA) is 168 Å². The van der Waals surface area contributed by atoms with E-state index in [-0.39, 0.29) is 47.4 Å². The van der Waals surface area contributed by atoms with E-state index in [1.807, 2.05) is 30.3 Å². The molecule has 1 aliphatic carbocycles. The molecule has 3 amide bonds. The van der Waals surface area contributed by atoms with Gasteiger partial charge in [0.1, 0.15) is 30.3 Å². The fourth-order valence-corrected chi connectivity index (χ4v) is 6.76. The fourth-order valence-electron chi connectivity index (χ4n) is 6.76. The zero-order chi connectivity index (χ0) is 37.8. The Kier molecular flexibility index (Phi) is 10.2. The molecule has 1 saturated heterocycles. The van der Waals surface area contributed by atoms with Gasteiger partial charge in [-0.1, -0.05) is 38.1 Å². The Bertz CT molecular complexity index is 2150. The van der Waals surface area contributed by atoms with Gasteiger partial charge in [0.25, 0.3) is 5.91 Å². The molecule has 3 aromatic carbocycles. The van der Waals surface area contributed by atoms with Crippen LogP contribution in [0.25, 0.3) is 11.4 Å². The number of ether oxygens (including phenoxy) is 2. The Morgan fingerprint density at radius 2 is 1.72 bits per heavy atom. The Labute approximate surface area is 312 Å². The molecule has 0 radical (unpaired) electrons. The van der Waals surface area contributed by atoms with Gasteiger partial charge in [0, 0.05) is 61.4 Å². The van der Waals surface area contributed by atoms with E-state index < -0.39 is 17.9 Å². The summed E-state index contributed by atoms with van der Waals surface area (Å²) >= 11 is 0. The first-order valence-corrected chi connectivity index (χ1v) is 17.9. The van der Waals surface area contributed by atoms with Gasteiger partial charge in [-0.25, -0.2) is 9.97 Å². The quantitative estimate of drug-likeness (QED) is 0.104. The Balaban J connectivity index is 0.902. The molecule has 13 heteroatoms. The highest BCUT2D eigenvalue weighted by Gasteiger charge is 2.34. The van der Waals surface area contributed by atoms with Crippen LogP contribution in [0.15, 0.2) is 91.4 Å². The van der Waals surface area contributed by atoms with Crippen LogP contribution in [0.1, 0.15) is 77.1 Å². The third-order valence-electron chi connectivity index (χ3n) is 10.2. The predicted octanol–water partition coefficient (Wildman–Crippen LogP) is 5.48. The Morgan fingerprint density at radius 1 is 1.00 bits per heavy atom. The molecule has 1 unspecified atom stereocenters. The minimum atomic E-state index is -0.784. The van der Waals surface area contributed by atoms with E-state index in [4.69, 9.17) is 9.47 Å². The average Bonchev–Trinajstić information content (AvgIpc) is 3.72. The second-order valence-electron chi connectivity index (χ2n) is 14.2. The van der Waals surface area contributed by atoms with Crippen molar-refractivity contribution >= 4 is 29.7 Å². The lowest BCUT2D eigenvalue weighted by Crippen LogP contribution is -2.53. The lowest BCUT2D eigenvalue weighted by atomic mass is 9.78. The number of likely N-dealkylation sites (N-methyl/N-ethyl adjacent to an activating group) is 1. The van der Waals surface area contributed by atoms with Crippen molar-refractivity contribution in [2.75, 3.05) is 12.4 Å². The number of benzene rings is 3. The summed E-state index contributed by atoms with van der Waals surface area (Å²) in [6.45, 7) is 4.69. The number of hydrogen-bond donors (Lipinski definition) is 3. The first-order valence-electron chi connectivity index (χ1n) is 17.9. The van der Waals surface area contributed by atoms with Gasteiger partial charge < -0.3 is 19.7 Å². The zero-order valence-electron chi connectivity index (χ0n) is 30.2. The number of imide groups is 1. The van der Waals surface area contributed by atoms with Gasteiger partial charge in [-0.15, -0.1) is 0 Å². The molecule has 7 rings (SSSR count). The van der Waals surface area contributed by atoms with Crippen molar-refractivity contribution in [3.63, 3.8) is 0 Å². The first kappa shape index (κ1) is 36.0. The number of nitrogens with one attached hydrogen (secondary N) is 3. The van der Waals surface area contributed by atoms with Gasteiger partial charge in [0.05, 0.1) is 23.0 Å². The molecule has 0 spiro atoms. The highest BCUT2D eigenvalue weighted by atomic mass is 16.5. The number of H-pyrrole nitrogens is 1. The van der Waals surface area contributed by atoms with Gasteiger partial charge in [-0.2, -0.15) is 5.10 Å². The van der Waals surface area contributed by atoms with Crippen molar-refractivity contribution in [2.45, 2.75) is 69.7 Å². The molecule has 1 saturated carbocycles. The molecule has 54 heavy (non-hydrogen) atoms. The van der Waals surface area contributed by atoms with Crippen LogP contribution in [-0.4, -0.2) is 74.3 Å². The van der Waals surface area contributed by atoms with Crippen LogP contribution in [0.2, 0.25) is 0 Å². The number of carbonyl (C=O) groups excluding carboxylic acids is 4. The van der Waals surface area contributed by atoms with E-state index in [1.54, 1.807) is 36.8 Å². The van der Waals surface area contributed by atoms with Crippen molar-refractivity contribution in [2.24, 2.45) is 0 Å². The van der Waals surface area contributed by atoms with E-state index >= 15 is 0 Å². The van der Waals surface area contributed by atoms with Gasteiger partial charge in [0.15, 0.2) is 12.1 Å². The highest BCUT2D eigenvalue weighted by Crippen LogP contribution is 2.35. The third kappa shape index (κ3) is 7.85. The summed E-state index contributed by atoms with van der Waals surface area (Å²) < 4.78 is 12.3. The molecule has 276 valence electrons. The molecule has 1 aliphatic heterocycles. The summed E-state index contributed by atoms with van der Waals surface area (Å²) in [5, 5.41) is 12.5. The third-order valence-corrected chi connectivity index (χ3v) is 10.2. The van der Waals surface area contributed by atoms with Crippen LogP contribution >= 0.6 is 0 Å². The van der Waals surface area contributed by atoms with Crippen molar-refractivity contribution in [1.82, 2.24) is 30.4 Å². The summed E-state index contributed by atoms with van der Waals surface area (Å²) in [4.78, 5) is 59.2. The van der Waals surface area contributed by atoms with Crippen molar-refractivity contribution in [1.29, 1.82) is 0 Å². The standard InChI is InChI=1S/C41H41N7O6/c1-41(2,27-5-10-32(11-6-27)53-24-30-16-17-42-38(46-30)26-21-43-44-22-26)28-7-12-33(13-8-28)54-34-18-31(19-34)45-29-9-4-25(23-49)35(20-29)40(52)48(3)36-14-15-37(50)47-39(36)51/h4-13,16-17,20-23,31,34,36,45H,14-15,18-19,24H2,1-3H3,(H,43,44)(H,47,50,51)/t31-,34+,36?. The molecule has 13 nitrogen and oxygen atoms in total. The molecule has 2 fully saturated rings. The van der Waals surface area contributed by atoms with E-state index in [1.165, 1.54) is 11.9 Å². The normalized spacial score (nSPS) is 18.2. The Hall–Kier alpha value is -6.37. The van der Waals surface area contributed by atoms with Gasteiger partial charge >= 0.3 is 0 Å². The van der Waals surface area contributed by atoms with Crippen LogP contribution < -0.4 is 20.1 Å². The molecule has 5 aromatic rings. The minimum absolute atomic E-state index is 0.0301. The number of aldehydes is 1. The highest BCUT2D eigenvalue weighted by molar-refractivity contribution is 6.06. The molecule has 2 aromatic heterocycles. The van der Waals surface area contributed by atoms with Crippen LogP contribution in [0, 0.1) is 0 Å². The SMILES string of the molecule is CN(C(=O)c1cc(N[C@H]2C[C@@H](Oc3ccc(C(C)(C)c4ccc(OCc5ccnc(-c6cn[nH]c6)n5)cc4)cc3)C2)ccc1C=O)C1CCC(=O)NC1=O. The van der Waals surface area contributed by atoms with Crippen molar-refractivity contribution in [3.8, 4) is 22.9 Å². The average molecular weight is 728 g/mol. The lowest BCUT2D eigenvalue weighted by molar-refractivity contribution is -0.136. The molecular formula is C41H41N7O6. The largest absolute Gasteiger partial charge is 0.490 e. The summed E-state index contributed by atoms with van der Waals surface area (Å²) in [6.07, 6.45) is 7.72. The first-order chi connectivity index (χ1) is 26.1. The van der Waals surface area contributed by atoms with Gasteiger partial charge in [-0.3, -0.25) is 29.6 Å². The zero-order valence-corrected chi connectivity index (χ0v) is 30.2. The van der Waals surface area contributed by atoms with Crippen molar-refractivity contribution in [3.05, 3.63) is 119 Å². The van der Waals surface area contributed by atoms with Crippen LogP contribution in [0.3, 0.4) is 0 Å². The minimum Gasteiger partial charge on any atom is -0.490 e. The summed E-state index contributed by atoms with van der Waals surface area (Å²) in [7, 11) is 1.51. The van der Waals surface area contributed by atoms with E-state index in [0.29, 0.717) is 24.4 Å². The van der Waals surface area contributed by atoms with Gasteiger partial charge in [0.2, 0.25) is 11.8 Å². The van der Waals surface area contributed by atoms with Crippen LogP contribution in [-0.2, 0) is 21.6 Å². The lowest BCUT2D eigenvalue weighted by Gasteiger charge is -2.36. The Morgan fingerprint density at radius 3 is 2.39 bits per heavy atom. The molecular weight excluding hydrogens is 686 g/mol. The molecule has 3 heterocycles. The predicted molar refractivity (Wildman–Crippen MR) is 200 cm³/mol. The molecule has 0 bridgehead atoms. The van der Waals surface area contributed by atoms with E-state index in [0.717, 1.165) is 46.7 Å². The molecule has 2 aliphatic rings. The summed E-state index contributed by atoms with van der Waals surface area (Å²) in [6, 6.07) is 22.5. The fraction of sp³-hybridized carbons (Fsp3) is 0.293. The number of rotatable bonds is 13. The molecule has 3 N–H and O–H groups in total. The second kappa shape index (κ2) is 15.3. The maximum absolute atomic E-state index is 13.4.